The summed E-state index contributed by atoms with van der Waals surface area (Å²) >= 11 is 0. The van der Waals surface area contributed by atoms with Gasteiger partial charge in [0.15, 0.2) is 0 Å². The molecule has 2 atom stereocenters. The number of aliphatic carboxylic acids is 1. The van der Waals surface area contributed by atoms with E-state index in [2.05, 4.69) is 9.97 Å². The number of nitrogens with one attached hydrogen (secondary N) is 1. The molecule has 1 fully saturated rings. The molecule has 8 nitrogen and oxygen atoms in total. The Balaban J connectivity index is 2.22. The second kappa shape index (κ2) is 8.21. The summed E-state index contributed by atoms with van der Waals surface area (Å²) in [5.41, 5.74) is -0.939. The van der Waals surface area contributed by atoms with Gasteiger partial charge in [-0.15, -0.1) is 0 Å². The average Bonchev–Trinajstić information content (AvgIpc) is 2.56. The van der Waals surface area contributed by atoms with E-state index in [1.165, 1.54) is 4.90 Å². The Morgan fingerprint density at radius 2 is 2.04 bits per heavy atom. The van der Waals surface area contributed by atoms with E-state index < -0.39 is 17.5 Å². The number of H-pyrrole nitrogens is 1. The lowest BCUT2D eigenvalue weighted by Gasteiger charge is -2.43. The van der Waals surface area contributed by atoms with Crippen molar-refractivity contribution in [3.63, 3.8) is 0 Å². The monoisotopic (exact) mass is 379 g/mol. The number of carboxylic acids is 1. The third-order valence-electron chi connectivity index (χ3n) is 5.40. The predicted octanol–water partition coefficient (Wildman–Crippen LogP) is 1.03. The van der Waals surface area contributed by atoms with Crippen molar-refractivity contribution in [3.8, 4) is 0 Å². The van der Waals surface area contributed by atoms with Crippen LogP contribution in [0, 0.1) is 25.2 Å². The molecule has 1 aliphatic heterocycles. The van der Waals surface area contributed by atoms with E-state index in [1.54, 1.807) is 13.8 Å². The van der Waals surface area contributed by atoms with Crippen molar-refractivity contribution in [2.45, 2.75) is 59.5 Å². The Labute approximate surface area is 158 Å². The average molecular weight is 379 g/mol. The van der Waals surface area contributed by atoms with Crippen LogP contribution in [0.15, 0.2) is 4.79 Å². The van der Waals surface area contributed by atoms with E-state index in [0.29, 0.717) is 35.8 Å². The summed E-state index contributed by atoms with van der Waals surface area (Å²) in [7, 11) is 0. The van der Waals surface area contributed by atoms with E-state index >= 15 is 0 Å². The zero-order valence-electron chi connectivity index (χ0n) is 16.4. The van der Waals surface area contributed by atoms with Crippen LogP contribution in [-0.2, 0) is 16.0 Å². The minimum absolute atomic E-state index is 0.0503. The highest BCUT2D eigenvalue weighted by Gasteiger charge is 2.49. The molecule has 0 saturated carbocycles. The zero-order chi connectivity index (χ0) is 20.4. The molecule has 0 radical (unpaired) electrons. The van der Waals surface area contributed by atoms with Gasteiger partial charge in [-0.1, -0.05) is 13.8 Å². The second-order valence-corrected chi connectivity index (χ2v) is 7.91. The van der Waals surface area contributed by atoms with Crippen LogP contribution in [0.1, 0.15) is 50.2 Å². The number of piperidine rings is 1. The fourth-order valence-corrected chi connectivity index (χ4v) is 3.62. The number of likely N-dealkylation sites (tertiary alicyclic amines) is 1. The second-order valence-electron chi connectivity index (χ2n) is 7.91. The lowest BCUT2D eigenvalue weighted by atomic mass is 9.72. The number of hydrogen-bond donors (Lipinski definition) is 3. The molecule has 0 aromatic carbocycles. The first-order valence-electron chi connectivity index (χ1n) is 9.32. The summed E-state index contributed by atoms with van der Waals surface area (Å²) in [4.78, 5) is 45.2. The molecular formula is C19H29N3O5. The fraction of sp³-hybridized carbons (Fsp3) is 0.684. The summed E-state index contributed by atoms with van der Waals surface area (Å²) < 4.78 is 0. The molecule has 1 saturated heterocycles. The molecule has 2 heterocycles. The first-order chi connectivity index (χ1) is 12.6. The number of carbonyl (C=O) groups is 2. The molecule has 27 heavy (non-hydrogen) atoms. The number of nitrogens with zero attached hydrogens (tertiary/aromatic N) is 2. The first kappa shape index (κ1) is 21.1. The van der Waals surface area contributed by atoms with Crippen LogP contribution in [0.2, 0.25) is 0 Å². The molecule has 3 N–H and O–H groups in total. The van der Waals surface area contributed by atoms with Crippen LogP contribution in [-0.4, -0.2) is 56.2 Å². The quantitative estimate of drug-likeness (QED) is 0.678. The van der Waals surface area contributed by atoms with Gasteiger partial charge in [-0.3, -0.25) is 14.4 Å². The maximum absolute atomic E-state index is 12.8. The molecule has 1 aliphatic rings. The van der Waals surface area contributed by atoms with Crippen molar-refractivity contribution in [2.75, 3.05) is 13.1 Å². The highest BCUT2D eigenvalue weighted by atomic mass is 16.4. The fourth-order valence-electron chi connectivity index (χ4n) is 3.62. The number of aliphatic hydroxyl groups excluding tert-OH is 1. The Morgan fingerprint density at radius 3 is 2.59 bits per heavy atom. The van der Waals surface area contributed by atoms with Gasteiger partial charge in [0.25, 0.3) is 5.56 Å². The van der Waals surface area contributed by atoms with Crippen molar-refractivity contribution in [1.29, 1.82) is 0 Å². The Bertz CT molecular complexity index is 773. The van der Waals surface area contributed by atoms with Crippen LogP contribution < -0.4 is 5.56 Å². The number of hydrogen-bond acceptors (Lipinski definition) is 5. The van der Waals surface area contributed by atoms with Gasteiger partial charge in [-0.05, 0) is 39.0 Å². The number of aryl methyl sites for hydroxylation is 2. The summed E-state index contributed by atoms with van der Waals surface area (Å²) in [6.07, 6.45) is 0.0223. The minimum Gasteiger partial charge on any atom is -0.481 e. The molecule has 0 spiro atoms. The van der Waals surface area contributed by atoms with Crippen LogP contribution in [0.5, 0.6) is 0 Å². The van der Waals surface area contributed by atoms with Gasteiger partial charge < -0.3 is 20.1 Å². The highest BCUT2D eigenvalue weighted by Crippen LogP contribution is 2.36. The maximum atomic E-state index is 12.8. The molecule has 0 unspecified atom stereocenters. The van der Waals surface area contributed by atoms with Gasteiger partial charge >= 0.3 is 5.97 Å². The van der Waals surface area contributed by atoms with Crippen LogP contribution in [0.3, 0.4) is 0 Å². The molecule has 150 valence electrons. The van der Waals surface area contributed by atoms with Gasteiger partial charge in [-0.25, -0.2) is 4.98 Å². The molecular weight excluding hydrogens is 350 g/mol. The van der Waals surface area contributed by atoms with E-state index in [-0.39, 0.29) is 37.4 Å². The van der Waals surface area contributed by atoms with E-state index in [0.717, 1.165) is 0 Å². The normalized spacial score (nSPS) is 22.9. The van der Waals surface area contributed by atoms with Crippen molar-refractivity contribution >= 4 is 11.9 Å². The van der Waals surface area contributed by atoms with Crippen LogP contribution in [0.25, 0.3) is 0 Å². The largest absolute Gasteiger partial charge is 0.481 e. The van der Waals surface area contributed by atoms with Gasteiger partial charge in [-0.2, -0.15) is 0 Å². The molecule has 2 rings (SSSR count). The van der Waals surface area contributed by atoms with E-state index in [1.807, 2.05) is 13.8 Å². The summed E-state index contributed by atoms with van der Waals surface area (Å²) in [5.74, 6) is -0.636. The third kappa shape index (κ3) is 4.55. The molecule has 1 aromatic heterocycles. The zero-order valence-corrected chi connectivity index (χ0v) is 16.4. The topological polar surface area (TPSA) is 124 Å². The minimum atomic E-state index is -1.37. The smallest absolute Gasteiger partial charge is 0.314 e. The number of aromatic amines is 1. The molecule has 8 heteroatoms. The maximum Gasteiger partial charge on any atom is 0.314 e. The van der Waals surface area contributed by atoms with Crippen molar-refractivity contribution in [3.05, 3.63) is 27.4 Å². The third-order valence-corrected chi connectivity index (χ3v) is 5.40. The van der Waals surface area contributed by atoms with Gasteiger partial charge in [0, 0.05) is 24.3 Å². The van der Waals surface area contributed by atoms with E-state index in [9.17, 15) is 24.6 Å². The van der Waals surface area contributed by atoms with Crippen LogP contribution in [0.4, 0.5) is 0 Å². The molecule has 1 aromatic rings. The lowest BCUT2D eigenvalue weighted by molar-refractivity contribution is -0.167. The number of aliphatic hydroxyl groups is 1. The molecule has 0 bridgehead atoms. The molecule has 1 amide bonds. The number of amides is 1. The number of rotatable bonds is 6. The number of carbonyl (C=O) groups excluding carboxylic acids is 1. The van der Waals surface area contributed by atoms with Gasteiger partial charge in [0.1, 0.15) is 11.2 Å². The van der Waals surface area contributed by atoms with Gasteiger partial charge in [0.05, 0.1) is 12.5 Å². The molecule has 0 aliphatic carbocycles. The first-order valence-corrected chi connectivity index (χ1v) is 9.32. The van der Waals surface area contributed by atoms with Crippen molar-refractivity contribution in [2.24, 2.45) is 11.3 Å². The number of aromatic nitrogens is 2. The predicted molar refractivity (Wildman–Crippen MR) is 99.4 cm³/mol. The van der Waals surface area contributed by atoms with Gasteiger partial charge in [0.2, 0.25) is 5.91 Å². The Kier molecular flexibility index (Phi) is 6.41. The van der Waals surface area contributed by atoms with Crippen molar-refractivity contribution < 1.29 is 19.8 Å². The standard InChI is InChI=1S/C19H29N3O5/c1-11(2)5-7-19(18(26)27)10-22(8-6-15(19)23)16(24)9-14-12(3)20-13(4)21-17(14)25/h11,15,23H,5-10H2,1-4H3,(H,26,27)(H,20,21,25)/t15-,19+/m0/s1. The summed E-state index contributed by atoms with van der Waals surface area (Å²) in [6, 6.07) is 0. The Morgan fingerprint density at radius 1 is 1.37 bits per heavy atom. The SMILES string of the molecule is Cc1nc(C)c(CC(=O)N2CC[C@H](O)[C@](CCC(C)C)(C(=O)O)C2)c(=O)[nH]1. The lowest BCUT2D eigenvalue weighted by Crippen LogP contribution is -2.57. The van der Waals surface area contributed by atoms with Crippen molar-refractivity contribution in [1.82, 2.24) is 14.9 Å². The number of carboxylic acid groups (broad SMARTS) is 1. The van der Waals surface area contributed by atoms with E-state index in [4.69, 9.17) is 0 Å². The summed E-state index contributed by atoms with van der Waals surface area (Å²) in [6.45, 7) is 7.55. The highest BCUT2D eigenvalue weighted by molar-refractivity contribution is 5.81. The Hall–Kier alpha value is -2.22. The van der Waals surface area contributed by atoms with Crippen LogP contribution >= 0.6 is 0 Å². The summed E-state index contributed by atoms with van der Waals surface area (Å²) in [5, 5.41) is 20.2.